The summed E-state index contributed by atoms with van der Waals surface area (Å²) in [4.78, 5) is 10.8. The first-order chi connectivity index (χ1) is 7.17. The van der Waals surface area contributed by atoms with Crippen LogP contribution < -0.4 is 11.1 Å². The van der Waals surface area contributed by atoms with Gasteiger partial charge in [-0.15, -0.1) is 0 Å². The van der Waals surface area contributed by atoms with Crippen molar-refractivity contribution in [2.75, 3.05) is 7.05 Å². The van der Waals surface area contributed by atoms with Crippen LogP contribution in [0.15, 0.2) is 24.3 Å². The molecule has 0 bridgehead atoms. The zero-order chi connectivity index (χ0) is 11.3. The maximum Gasteiger partial charge on any atom is 0.321 e. The highest BCUT2D eigenvalue weighted by atomic mass is 16.4. The lowest BCUT2D eigenvalue weighted by Gasteiger charge is -2.11. The van der Waals surface area contributed by atoms with E-state index in [1.807, 2.05) is 24.3 Å². The number of rotatable bonds is 5. The second kappa shape index (κ2) is 5.48. The number of likely N-dealkylation sites (N-methyl/N-ethyl adjacent to an activating group) is 1. The minimum atomic E-state index is -0.833. The van der Waals surface area contributed by atoms with E-state index in [-0.39, 0.29) is 0 Å². The number of hydrogen-bond donors (Lipinski definition) is 3. The highest BCUT2D eigenvalue weighted by Gasteiger charge is 2.14. The number of carboxylic acid groups (broad SMARTS) is 1. The number of carboxylic acids is 1. The topological polar surface area (TPSA) is 75.3 Å². The first kappa shape index (κ1) is 11.7. The molecule has 0 saturated carbocycles. The molecule has 4 nitrogen and oxygen atoms in total. The smallest absolute Gasteiger partial charge is 0.321 e. The first-order valence-corrected chi connectivity index (χ1v) is 4.85. The van der Waals surface area contributed by atoms with Crippen molar-refractivity contribution >= 4 is 5.97 Å². The molecule has 0 saturated heterocycles. The third-order valence-electron chi connectivity index (χ3n) is 2.35. The van der Waals surface area contributed by atoms with E-state index in [1.165, 1.54) is 0 Å². The zero-order valence-electron chi connectivity index (χ0n) is 8.73. The summed E-state index contributed by atoms with van der Waals surface area (Å²) < 4.78 is 0. The molecule has 0 amide bonds. The summed E-state index contributed by atoms with van der Waals surface area (Å²) in [5.74, 6) is -0.833. The van der Waals surface area contributed by atoms with Crippen LogP contribution in [-0.2, 0) is 17.8 Å². The molecule has 0 heterocycles. The van der Waals surface area contributed by atoms with Crippen molar-refractivity contribution in [1.29, 1.82) is 0 Å². The van der Waals surface area contributed by atoms with Gasteiger partial charge in [0.05, 0.1) is 0 Å². The van der Waals surface area contributed by atoms with Gasteiger partial charge in [0.1, 0.15) is 6.04 Å². The van der Waals surface area contributed by atoms with Gasteiger partial charge in [-0.1, -0.05) is 24.3 Å². The summed E-state index contributed by atoms with van der Waals surface area (Å²) in [7, 11) is 1.65. The molecule has 15 heavy (non-hydrogen) atoms. The van der Waals surface area contributed by atoms with E-state index < -0.39 is 12.0 Å². The van der Waals surface area contributed by atoms with E-state index in [0.717, 1.165) is 11.1 Å². The van der Waals surface area contributed by atoms with Crippen LogP contribution >= 0.6 is 0 Å². The second-order valence-corrected chi connectivity index (χ2v) is 3.40. The predicted molar refractivity (Wildman–Crippen MR) is 58.5 cm³/mol. The largest absolute Gasteiger partial charge is 0.480 e. The van der Waals surface area contributed by atoms with Gasteiger partial charge in [-0.25, -0.2) is 0 Å². The van der Waals surface area contributed by atoms with Crippen molar-refractivity contribution in [3.8, 4) is 0 Å². The average Bonchev–Trinajstić information content (AvgIpc) is 2.26. The monoisotopic (exact) mass is 208 g/mol. The molecule has 0 spiro atoms. The number of nitrogens with one attached hydrogen (secondary N) is 1. The number of benzene rings is 1. The van der Waals surface area contributed by atoms with Crippen LogP contribution in [0.4, 0.5) is 0 Å². The Hall–Kier alpha value is -1.39. The fourth-order valence-electron chi connectivity index (χ4n) is 1.36. The van der Waals surface area contributed by atoms with Crippen LogP contribution in [0.5, 0.6) is 0 Å². The molecule has 0 aliphatic rings. The van der Waals surface area contributed by atoms with Gasteiger partial charge in [0, 0.05) is 6.54 Å². The van der Waals surface area contributed by atoms with E-state index >= 15 is 0 Å². The molecule has 0 radical (unpaired) electrons. The number of hydrogen-bond acceptors (Lipinski definition) is 3. The van der Waals surface area contributed by atoms with E-state index in [1.54, 1.807) is 7.05 Å². The highest BCUT2D eigenvalue weighted by molar-refractivity contribution is 5.73. The summed E-state index contributed by atoms with van der Waals surface area (Å²) in [5.41, 5.74) is 7.51. The molecule has 0 aliphatic carbocycles. The normalized spacial score (nSPS) is 12.4. The van der Waals surface area contributed by atoms with Gasteiger partial charge in [-0.05, 0) is 24.6 Å². The lowest BCUT2D eigenvalue weighted by atomic mass is 10.0. The second-order valence-electron chi connectivity index (χ2n) is 3.40. The summed E-state index contributed by atoms with van der Waals surface area (Å²) >= 11 is 0. The van der Waals surface area contributed by atoms with Gasteiger partial charge in [0.15, 0.2) is 0 Å². The number of nitrogens with two attached hydrogens (primary N) is 1. The molecule has 1 aromatic rings. The molecule has 1 aromatic carbocycles. The fourth-order valence-corrected chi connectivity index (χ4v) is 1.36. The summed E-state index contributed by atoms with van der Waals surface area (Å²) in [6.07, 6.45) is 0.483. The Morgan fingerprint density at radius 2 is 1.93 bits per heavy atom. The van der Waals surface area contributed by atoms with E-state index in [9.17, 15) is 4.79 Å². The maximum absolute atomic E-state index is 10.8. The Bertz CT molecular complexity index is 322. The summed E-state index contributed by atoms with van der Waals surface area (Å²) in [6.45, 7) is 0.509. The lowest BCUT2D eigenvalue weighted by Crippen LogP contribution is -2.35. The zero-order valence-corrected chi connectivity index (χ0v) is 8.73. The minimum absolute atomic E-state index is 0.483. The van der Waals surface area contributed by atoms with Crippen LogP contribution in [0.3, 0.4) is 0 Å². The Balaban J connectivity index is 2.67. The van der Waals surface area contributed by atoms with Crippen molar-refractivity contribution in [3.63, 3.8) is 0 Å². The predicted octanol–water partition coefficient (Wildman–Crippen LogP) is 0.360. The highest BCUT2D eigenvalue weighted by Crippen LogP contribution is 2.06. The molecule has 1 rings (SSSR count). The van der Waals surface area contributed by atoms with Crippen molar-refractivity contribution in [1.82, 2.24) is 5.32 Å². The molecule has 0 unspecified atom stereocenters. The fraction of sp³-hybridized carbons (Fsp3) is 0.364. The summed E-state index contributed by atoms with van der Waals surface area (Å²) in [6, 6.07) is 7.13. The molecule has 0 aliphatic heterocycles. The number of aliphatic carboxylic acids is 1. The molecule has 82 valence electrons. The SMILES string of the molecule is CN[C@H](Cc1ccc(CN)cc1)C(=O)O. The molecular weight excluding hydrogens is 192 g/mol. The molecule has 0 fully saturated rings. The van der Waals surface area contributed by atoms with Gasteiger partial charge in [0.2, 0.25) is 0 Å². The Labute approximate surface area is 89.1 Å². The Morgan fingerprint density at radius 1 is 1.40 bits per heavy atom. The van der Waals surface area contributed by atoms with E-state index in [2.05, 4.69) is 5.32 Å². The minimum Gasteiger partial charge on any atom is -0.480 e. The van der Waals surface area contributed by atoms with Gasteiger partial charge >= 0.3 is 5.97 Å². The van der Waals surface area contributed by atoms with Crippen molar-refractivity contribution < 1.29 is 9.90 Å². The van der Waals surface area contributed by atoms with Gasteiger partial charge in [0.25, 0.3) is 0 Å². The summed E-state index contributed by atoms with van der Waals surface area (Å²) in [5, 5.41) is 11.6. The maximum atomic E-state index is 10.8. The van der Waals surface area contributed by atoms with Gasteiger partial charge in [-0.3, -0.25) is 4.79 Å². The standard InChI is InChI=1S/C11H16N2O2/c1-13-10(11(14)15)6-8-2-4-9(7-12)5-3-8/h2-5,10,13H,6-7,12H2,1H3,(H,14,15)/t10-/m1/s1. The molecule has 4 heteroatoms. The van der Waals surface area contributed by atoms with Crippen LogP contribution in [0, 0.1) is 0 Å². The Kier molecular flexibility index (Phi) is 4.27. The molecular formula is C11H16N2O2. The molecule has 4 N–H and O–H groups in total. The third kappa shape index (κ3) is 3.34. The van der Waals surface area contributed by atoms with Gasteiger partial charge in [-0.2, -0.15) is 0 Å². The van der Waals surface area contributed by atoms with Gasteiger partial charge < -0.3 is 16.2 Å². The quantitative estimate of drug-likeness (QED) is 0.653. The lowest BCUT2D eigenvalue weighted by molar-refractivity contribution is -0.139. The average molecular weight is 208 g/mol. The van der Waals surface area contributed by atoms with Crippen LogP contribution in [0.25, 0.3) is 0 Å². The van der Waals surface area contributed by atoms with E-state index in [4.69, 9.17) is 10.8 Å². The molecule has 1 atom stereocenters. The Morgan fingerprint density at radius 3 is 2.33 bits per heavy atom. The third-order valence-corrected chi connectivity index (χ3v) is 2.35. The van der Waals surface area contributed by atoms with E-state index in [0.29, 0.717) is 13.0 Å². The van der Waals surface area contributed by atoms with Crippen LogP contribution in [-0.4, -0.2) is 24.2 Å². The van der Waals surface area contributed by atoms with Crippen molar-refractivity contribution in [2.45, 2.75) is 19.0 Å². The first-order valence-electron chi connectivity index (χ1n) is 4.85. The number of carbonyl (C=O) groups is 1. The van der Waals surface area contributed by atoms with Crippen molar-refractivity contribution in [2.24, 2.45) is 5.73 Å². The van der Waals surface area contributed by atoms with Crippen LogP contribution in [0.1, 0.15) is 11.1 Å². The molecule has 0 aromatic heterocycles. The van der Waals surface area contributed by atoms with Crippen molar-refractivity contribution in [3.05, 3.63) is 35.4 Å². The van der Waals surface area contributed by atoms with Crippen LogP contribution in [0.2, 0.25) is 0 Å².